The van der Waals surface area contributed by atoms with Gasteiger partial charge in [-0.05, 0) is 60.9 Å². The lowest BCUT2D eigenvalue weighted by atomic mass is 10.0. The number of carbonyl (C=O) groups excluding carboxylic acids is 1. The molecule has 0 aliphatic carbocycles. The third-order valence-corrected chi connectivity index (χ3v) is 7.18. The van der Waals surface area contributed by atoms with Crippen LogP contribution < -0.4 is 9.21 Å². The summed E-state index contributed by atoms with van der Waals surface area (Å²) in [7, 11) is -3.95. The number of para-hydroxylation sites is 2. The Morgan fingerprint density at radius 3 is 2.33 bits per heavy atom. The summed E-state index contributed by atoms with van der Waals surface area (Å²) in [5.74, 6) is -0.261. The number of hydrogen-bond donors (Lipinski definition) is 0. The number of hydrogen-bond acceptors (Lipinski definition) is 3. The van der Waals surface area contributed by atoms with Crippen molar-refractivity contribution in [2.24, 2.45) is 0 Å². The first-order valence-electron chi connectivity index (χ1n) is 9.68. The Labute approximate surface area is 181 Å². The molecule has 0 saturated carbocycles. The van der Waals surface area contributed by atoms with Gasteiger partial charge < -0.3 is 4.90 Å². The SMILES string of the molecule is O=C(CN(c1ccccc1)S(=O)(=O)c1ccc(Cl)cc1)N1CCCc2ccccc21. The van der Waals surface area contributed by atoms with Gasteiger partial charge in [0.25, 0.3) is 10.0 Å². The van der Waals surface area contributed by atoms with Gasteiger partial charge in [0.15, 0.2) is 0 Å². The maximum absolute atomic E-state index is 13.4. The second-order valence-corrected chi connectivity index (χ2v) is 9.38. The van der Waals surface area contributed by atoms with Crippen LogP contribution in [-0.4, -0.2) is 27.4 Å². The van der Waals surface area contributed by atoms with E-state index >= 15 is 0 Å². The third kappa shape index (κ3) is 4.06. The van der Waals surface area contributed by atoms with Crippen LogP contribution in [0.2, 0.25) is 5.02 Å². The van der Waals surface area contributed by atoms with Gasteiger partial charge in [0.1, 0.15) is 6.54 Å². The number of rotatable bonds is 5. The topological polar surface area (TPSA) is 57.7 Å². The van der Waals surface area contributed by atoms with E-state index in [1.165, 1.54) is 24.3 Å². The second-order valence-electron chi connectivity index (χ2n) is 7.08. The molecule has 7 heteroatoms. The lowest BCUT2D eigenvalue weighted by Gasteiger charge is -2.32. The minimum atomic E-state index is -3.95. The van der Waals surface area contributed by atoms with Crippen LogP contribution in [-0.2, 0) is 21.2 Å². The molecule has 1 heterocycles. The Morgan fingerprint density at radius 2 is 1.60 bits per heavy atom. The zero-order chi connectivity index (χ0) is 21.1. The van der Waals surface area contributed by atoms with E-state index in [4.69, 9.17) is 11.6 Å². The van der Waals surface area contributed by atoms with Crippen molar-refractivity contribution in [2.45, 2.75) is 17.7 Å². The van der Waals surface area contributed by atoms with E-state index in [-0.39, 0.29) is 17.3 Å². The van der Waals surface area contributed by atoms with Crippen LogP contribution in [0.3, 0.4) is 0 Å². The first kappa shape index (κ1) is 20.4. The summed E-state index contributed by atoms with van der Waals surface area (Å²) in [5.41, 5.74) is 2.39. The van der Waals surface area contributed by atoms with Crippen molar-refractivity contribution in [1.29, 1.82) is 0 Å². The molecule has 0 fully saturated rings. The number of sulfonamides is 1. The van der Waals surface area contributed by atoms with Gasteiger partial charge in [-0.3, -0.25) is 9.10 Å². The van der Waals surface area contributed by atoms with Crippen molar-refractivity contribution in [2.75, 3.05) is 22.3 Å². The summed E-state index contributed by atoms with van der Waals surface area (Å²) in [6.07, 6.45) is 1.75. The summed E-state index contributed by atoms with van der Waals surface area (Å²) in [6, 6.07) is 22.4. The summed E-state index contributed by atoms with van der Waals surface area (Å²) in [6.45, 7) is 0.281. The third-order valence-electron chi connectivity index (χ3n) is 5.14. The smallest absolute Gasteiger partial charge is 0.264 e. The molecule has 1 amide bonds. The van der Waals surface area contributed by atoms with Gasteiger partial charge in [0.05, 0.1) is 10.6 Å². The molecule has 0 radical (unpaired) electrons. The Balaban J connectivity index is 1.70. The Bertz CT molecular complexity index is 1150. The number of halogens is 1. The van der Waals surface area contributed by atoms with E-state index in [0.29, 0.717) is 17.3 Å². The molecule has 0 saturated heterocycles. The molecule has 3 aromatic rings. The van der Waals surface area contributed by atoms with Crippen molar-refractivity contribution in [3.05, 3.63) is 89.4 Å². The summed E-state index contributed by atoms with van der Waals surface area (Å²) in [4.78, 5) is 15.0. The molecule has 5 nitrogen and oxygen atoms in total. The van der Waals surface area contributed by atoms with E-state index in [1.807, 2.05) is 24.3 Å². The van der Waals surface area contributed by atoms with Crippen LogP contribution >= 0.6 is 11.6 Å². The molecular weight excluding hydrogens is 420 g/mol. The number of aryl methyl sites for hydroxylation is 1. The highest BCUT2D eigenvalue weighted by atomic mass is 35.5. The van der Waals surface area contributed by atoms with Crippen molar-refractivity contribution in [3.63, 3.8) is 0 Å². The fourth-order valence-corrected chi connectivity index (χ4v) is 5.18. The van der Waals surface area contributed by atoms with Gasteiger partial charge in [0.2, 0.25) is 5.91 Å². The van der Waals surface area contributed by atoms with Crippen LogP contribution in [0.5, 0.6) is 0 Å². The van der Waals surface area contributed by atoms with E-state index in [0.717, 1.165) is 28.4 Å². The molecule has 1 aliphatic heterocycles. The fraction of sp³-hybridized carbons (Fsp3) is 0.174. The zero-order valence-electron chi connectivity index (χ0n) is 16.2. The van der Waals surface area contributed by atoms with Crippen LogP contribution in [0.1, 0.15) is 12.0 Å². The van der Waals surface area contributed by atoms with Crippen molar-refractivity contribution in [1.82, 2.24) is 0 Å². The first-order valence-corrected chi connectivity index (χ1v) is 11.5. The lowest BCUT2D eigenvalue weighted by molar-refractivity contribution is -0.117. The number of fused-ring (bicyclic) bond motifs is 1. The molecular formula is C23H21ClN2O3S. The number of amides is 1. The molecule has 3 aromatic carbocycles. The van der Waals surface area contributed by atoms with Crippen LogP contribution in [0.25, 0.3) is 0 Å². The zero-order valence-corrected chi connectivity index (χ0v) is 17.8. The molecule has 4 rings (SSSR count). The van der Waals surface area contributed by atoms with Gasteiger partial charge in [0, 0.05) is 17.3 Å². The largest absolute Gasteiger partial charge is 0.311 e. The van der Waals surface area contributed by atoms with Crippen molar-refractivity contribution < 1.29 is 13.2 Å². The number of carbonyl (C=O) groups is 1. The molecule has 0 aromatic heterocycles. The van der Waals surface area contributed by atoms with E-state index in [9.17, 15) is 13.2 Å². The van der Waals surface area contributed by atoms with Gasteiger partial charge in [-0.2, -0.15) is 0 Å². The molecule has 30 heavy (non-hydrogen) atoms. The molecule has 0 spiro atoms. The minimum Gasteiger partial charge on any atom is -0.311 e. The monoisotopic (exact) mass is 440 g/mol. The number of anilines is 2. The molecule has 0 bridgehead atoms. The predicted molar refractivity (Wildman–Crippen MR) is 120 cm³/mol. The quantitative estimate of drug-likeness (QED) is 0.586. The highest BCUT2D eigenvalue weighted by Gasteiger charge is 2.30. The second kappa shape index (κ2) is 8.50. The Hall–Kier alpha value is -2.83. The fourth-order valence-electron chi connectivity index (χ4n) is 3.64. The summed E-state index contributed by atoms with van der Waals surface area (Å²) >= 11 is 5.92. The number of nitrogens with zero attached hydrogens (tertiary/aromatic N) is 2. The van der Waals surface area contributed by atoms with E-state index in [2.05, 4.69) is 0 Å². The van der Waals surface area contributed by atoms with Gasteiger partial charge in [-0.15, -0.1) is 0 Å². The standard InChI is InChI=1S/C23H21ClN2O3S/c24-19-12-14-21(15-13-19)30(28,29)26(20-9-2-1-3-10-20)17-23(27)25-16-6-8-18-7-4-5-11-22(18)25/h1-5,7,9-15H,6,8,16-17H2. The Morgan fingerprint density at radius 1 is 0.933 bits per heavy atom. The molecule has 1 aliphatic rings. The Kier molecular flexibility index (Phi) is 5.79. The first-order chi connectivity index (χ1) is 14.5. The lowest BCUT2D eigenvalue weighted by Crippen LogP contribution is -2.45. The van der Waals surface area contributed by atoms with Gasteiger partial charge >= 0.3 is 0 Å². The predicted octanol–water partition coefficient (Wildman–Crippen LogP) is 4.51. The maximum Gasteiger partial charge on any atom is 0.264 e. The molecule has 0 atom stereocenters. The molecule has 154 valence electrons. The van der Waals surface area contributed by atoms with Crippen molar-refractivity contribution in [3.8, 4) is 0 Å². The maximum atomic E-state index is 13.4. The highest BCUT2D eigenvalue weighted by Crippen LogP contribution is 2.29. The van der Waals surface area contributed by atoms with Crippen LogP contribution in [0, 0.1) is 0 Å². The van der Waals surface area contributed by atoms with Gasteiger partial charge in [-0.25, -0.2) is 8.42 Å². The van der Waals surface area contributed by atoms with Gasteiger partial charge in [-0.1, -0.05) is 48.0 Å². The summed E-state index contributed by atoms with van der Waals surface area (Å²) < 4.78 is 28.0. The molecule has 0 N–H and O–H groups in total. The minimum absolute atomic E-state index is 0.0857. The average molecular weight is 441 g/mol. The van der Waals surface area contributed by atoms with Crippen LogP contribution in [0.4, 0.5) is 11.4 Å². The van der Waals surface area contributed by atoms with E-state index < -0.39 is 10.0 Å². The highest BCUT2D eigenvalue weighted by molar-refractivity contribution is 7.92. The van der Waals surface area contributed by atoms with Crippen molar-refractivity contribution >= 4 is 38.9 Å². The van der Waals surface area contributed by atoms with Crippen LogP contribution in [0.15, 0.2) is 83.8 Å². The summed E-state index contributed by atoms with van der Waals surface area (Å²) in [5, 5.41) is 0.446. The normalized spacial score (nSPS) is 13.6. The number of benzene rings is 3. The van der Waals surface area contributed by atoms with E-state index in [1.54, 1.807) is 35.2 Å². The average Bonchev–Trinajstić information content (AvgIpc) is 2.77. The molecule has 0 unspecified atom stereocenters.